The van der Waals surface area contributed by atoms with Crippen LogP contribution < -0.4 is 14.2 Å². The largest absolute Gasteiger partial charge is 0.493 e. The van der Waals surface area contributed by atoms with Crippen LogP contribution in [-0.4, -0.2) is 11.2 Å². The highest BCUT2D eigenvalue weighted by Gasteiger charge is 2.34. The van der Waals surface area contributed by atoms with E-state index < -0.39 is 11.2 Å². The molecule has 1 aromatic heterocycles. The molecule has 0 bridgehead atoms. The van der Waals surface area contributed by atoms with Crippen LogP contribution in [0.25, 0.3) is 27.5 Å². The zero-order valence-electron chi connectivity index (χ0n) is 30.0. The first-order valence-electron chi connectivity index (χ1n) is 18.1. The normalized spacial score (nSPS) is 13.7. The van der Waals surface area contributed by atoms with Crippen molar-refractivity contribution in [2.24, 2.45) is 5.92 Å². The third-order valence-corrected chi connectivity index (χ3v) is 10.1. The van der Waals surface area contributed by atoms with Crippen molar-refractivity contribution in [2.75, 3.05) is 6.61 Å². The van der Waals surface area contributed by atoms with Crippen LogP contribution in [0, 0.1) is 5.92 Å². The Labute approximate surface area is 292 Å². The van der Waals surface area contributed by atoms with Crippen LogP contribution in [0.5, 0.6) is 17.2 Å². The van der Waals surface area contributed by atoms with E-state index in [1.54, 1.807) is 0 Å². The van der Waals surface area contributed by atoms with Crippen LogP contribution in [0.2, 0.25) is 0 Å². The van der Waals surface area contributed by atoms with Crippen molar-refractivity contribution in [3.63, 3.8) is 0 Å². The Morgan fingerprint density at radius 2 is 1.24 bits per heavy atom. The number of hydrogen-bond acceptors (Lipinski definition) is 3. The summed E-state index contributed by atoms with van der Waals surface area (Å²) in [5, 5.41) is 2.41. The first-order chi connectivity index (χ1) is 23.8. The van der Waals surface area contributed by atoms with Gasteiger partial charge in [-0.15, -0.1) is 0 Å². The molecule has 254 valence electrons. The Morgan fingerprint density at radius 1 is 0.653 bits per heavy atom. The predicted molar refractivity (Wildman–Crippen MR) is 204 cm³/mol. The van der Waals surface area contributed by atoms with Gasteiger partial charge in [-0.3, -0.25) is 0 Å². The highest BCUT2D eigenvalue weighted by molar-refractivity contribution is 6.09. The van der Waals surface area contributed by atoms with Crippen LogP contribution in [0.4, 0.5) is 0 Å². The maximum absolute atomic E-state index is 7.16. The number of fused-ring (bicyclic) bond motifs is 3. The summed E-state index contributed by atoms with van der Waals surface area (Å²) < 4.78 is 23.3. The molecule has 0 saturated carbocycles. The van der Waals surface area contributed by atoms with E-state index in [0.29, 0.717) is 12.5 Å². The minimum atomic E-state index is -0.678. The number of unbranched alkanes of at least 4 members (excludes halogenated alkanes) is 1. The maximum Gasteiger partial charge on any atom is 0.148 e. The van der Waals surface area contributed by atoms with Crippen LogP contribution >= 0.6 is 0 Å². The lowest BCUT2D eigenvalue weighted by Crippen LogP contribution is -2.30. The van der Waals surface area contributed by atoms with Gasteiger partial charge < -0.3 is 18.8 Å². The first kappa shape index (κ1) is 34.2. The van der Waals surface area contributed by atoms with Gasteiger partial charge in [0.1, 0.15) is 28.5 Å². The Bertz CT molecular complexity index is 1920. The molecule has 0 aliphatic heterocycles. The summed E-state index contributed by atoms with van der Waals surface area (Å²) in [5.74, 6) is 2.87. The molecule has 6 rings (SSSR count). The fourth-order valence-corrected chi connectivity index (χ4v) is 6.87. The van der Waals surface area contributed by atoms with Crippen LogP contribution in [-0.2, 0) is 11.2 Å². The SMILES string of the molecule is CCCCC(CC)COc1cc(OC(C)(C)c2ccccc2)c(-n2c3ccccc3c3ccccc32)cc1C(C)(CC)Oc1ccccc1. The minimum Gasteiger partial charge on any atom is -0.493 e. The quantitative estimate of drug-likeness (QED) is 0.111. The molecule has 0 spiro atoms. The van der Waals surface area contributed by atoms with Gasteiger partial charge in [0.15, 0.2) is 0 Å². The Kier molecular flexibility index (Phi) is 10.3. The molecule has 0 amide bonds. The van der Waals surface area contributed by atoms with Crippen molar-refractivity contribution in [3.8, 4) is 22.9 Å². The summed E-state index contributed by atoms with van der Waals surface area (Å²) in [6.45, 7) is 13.8. The Morgan fingerprint density at radius 3 is 1.84 bits per heavy atom. The smallest absolute Gasteiger partial charge is 0.148 e. The van der Waals surface area contributed by atoms with Crippen molar-refractivity contribution in [1.29, 1.82) is 0 Å². The average Bonchev–Trinajstić information content (AvgIpc) is 3.46. The second-order valence-electron chi connectivity index (χ2n) is 13.9. The van der Waals surface area contributed by atoms with E-state index >= 15 is 0 Å². The molecule has 1 heterocycles. The second-order valence-corrected chi connectivity index (χ2v) is 13.9. The monoisotopic (exact) mass is 653 g/mol. The van der Waals surface area contributed by atoms with Gasteiger partial charge in [-0.2, -0.15) is 0 Å². The summed E-state index contributed by atoms with van der Waals surface area (Å²) >= 11 is 0. The van der Waals surface area contributed by atoms with E-state index in [1.807, 2.05) is 36.4 Å². The van der Waals surface area contributed by atoms with E-state index in [9.17, 15) is 0 Å². The van der Waals surface area contributed by atoms with Gasteiger partial charge in [-0.25, -0.2) is 0 Å². The van der Waals surface area contributed by atoms with E-state index in [1.165, 1.54) is 23.6 Å². The van der Waals surface area contributed by atoms with E-state index in [0.717, 1.165) is 64.4 Å². The maximum atomic E-state index is 7.16. The van der Waals surface area contributed by atoms with Crippen molar-refractivity contribution in [3.05, 3.63) is 132 Å². The van der Waals surface area contributed by atoms with E-state index in [4.69, 9.17) is 14.2 Å². The molecule has 2 atom stereocenters. The Hall–Kier alpha value is -4.70. The number of nitrogens with zero attached hydrogens (tertiary/aromatic N) is 1. The van der Waals surface area contributed by atoms with Crippen molar-refractivity contribution < 1.29 is 14.2 Å². The molecular weight excluding hydrogens is 602 g/mol. The van der Waals surface area contributed by atoms with Gasteiger partial charge in [0, 0.05) is 22.4 Å². The molecule has 0 radical (unpaired) electrons. The molecule has 0 N–H and O–H groups in total. The lowest BCUT2D eigenvalue weighted by atomic mass is 9.90. The van der Waals surface area contributed by atoms with Crippen molar-refractivity contribution in [2.45, 2.75) is 84.8 Å². The minimum absolute atomic E-state index is 0.470. The summed E-state index contributed by atoms with van der Waals surface area (Å²) in [7, 11) is 0. The van der Waals surface area contributed by atoms with Crippen LogP contribution in [0.3, 0.4) is 0 Å². The summed E-state index contributed by atoms with van der Waals surface area (Å²) in [5.41, 5.74) is 4.02. The van der Waals surface area contributed by atoms with Crippen molar-refractivity contribution >= 4 is 21.8 Å². The van der Waals surface area contributed by atoms with Gasteiger partial charge in [0.2, 0.25) is 0 Å². The standard InChI is InChI=1S/C45H51NO3/c1-7-10-21-33(8-2)32-47-42-31-43(49-44(4,5)34-22-13-11-14-23-34)41(30-38(42)45(6,9-3)48-35-24-15-12-16-25-35)46-39-28-19-17-26-36(39)37-27-18-20-29-40(37)46/h11-20,22-31,33H,7-10,21,32H2,1-6H3. The number of rotatable bonds is 15. The fourth-order valence-electron chi connectivity index (χ4n) is 6.87. The van der Waals surface area contributed by atoms with Gasteiger partial charge >= 0.3 is 0 Å². The number of ether oxygens (including phenoxy) is 3. The predicted octanol–water partition coefficient (Wildman–Crippen LogP) is 12.4. The van der Waals surface area contributed by atoms with E-state index in [2.05, 4.69) is 131 Å². The molecule has 0 aliphatic carbocycles. The Balaban J connectivity index is 1.61. The summed E-state index contributed by atoms with van der Waals surface area (Å²) in [6.07, 6.45) is 5.35. The lowest BCUT2D eigenvalue weighted by Gasteiger charge is -2.34. The molecular formula is C45H51NO3. The van der Waals surface area contributed by atoms with Crippen LogP contribution in [0.15, 0.2) is 121 Å². The number of hydrogen-bond donors (Lipinski definition) is 0. The van der Waals surface area contributed by atoms with Gasteiger partial charge in [0.05, 0.1) is 23.3 Å². The fraction of sp³-hybridized carbons (Fsp3) is 0.333. The summed E-state index contributed by atoms with van der Waals surface area (Å²) in [4.78, 5) is 0. The highest BCUT2D eigenvalue weighted by Crippen LogP contribution is 2.45. The third kappa shape index (κ3) is 7.20. The molecule has 6 aromatic rings. The molecule has 5 aromatic carbocycles. The first-order valence-corrected chi connectivity index (χ1v) is 18.1. The van der Waals surface area contributed by atoms with Gasteiger partial charge in [0.25, 0.3) is 0 Å². The zero-order valence-corrected chi connectivity index (χ0v) is 30.0. The van der Waals surface area contributed by atoms with Crippen molar-refractivity contribution in [1.82, 2.24) is 4.57 Å². The molecule has 0 saturated heterocycles. The van der Waals surface area contributed by atoms with Crippen LogP contribution in [0.1, 0.15) is 84.8 Å². The molecule has 0 aliphatic rings. The van der Waals surface area contributed by atoms with Gasteiger partial charge in [-0.1, -0.05) is 125 Å². The van der Waals surface area contributed by atoms with E-state index in [-0.39, 0.29) is 0 Å². The average molecular weight is 654 g/mol. The topological polar surface area (TPSA) is 32.6 Å². The molecule has 2 unspecified atom stereocenters. The highest BCUT2D eigenvalue weighted by atomic mass is 16.5. The second kappa shape index (κ2) is 14.8. The molecule has 4 heteroatoms. The lowest BCUT2D eigenvalue weighted by molar-refractivity contribution is 0.0767. The number of aromatic nitrogens is 1. The number of para-hydroxylation sites is 3. The molecule has 49 heavy (non-hydrogen) atoms. The number of benzene rings is 5. The van der Waals surface area contributed by atoms with Gasteiger partial charge in [-0.05, 0) is 75.4 Å². The molecule has 4 nitrogen and oxygen atoms in total. The third-order valence-electron chi connectivity index (χ3n) is 10.1. The molecule has 0 fully saturated rings. The summed E-state index contributed by atoms with van der Waals surface area (Å²) in [6, 6.07) is 42.2. The zero-order chi connectivity index (χ0) is 34.4.